The zero-order valence-electron chi connectivity index (χ0n) is 18.0. The Bertz CT molecular complexity index is 720. The first kappa shape index (κ1) is 29.1. The average Bonchev–Trinajstić information content (AvgIpc) is 2.71. The largest absolute Gasteiger partial charge is 0.480 e. The van der Waals surface area contributed by atoms with Crippen LogP contribution in [0.5, 0.6) is 0 Å². The van der Waals surface area contributed by atoms with Gasteiger partial charge in [0, 0.05) is 12.2 Å². The second-order valence-corrected chi connectivity index (χ2v) is 7.66. The molecule has 0 aliphatic heterocycles. The molecule has 5 amide bonds. The first-order chi connectivity index (χ1) is 14.8. The summed E-state index contributed by atoms with van der Waals surface area (Å²) < 4.78 is 0. The summed E-state index contributed by atoms with van der Waals surface area (Å²) in [6, 6.07) is -5.08. The van der Waals surface area contributed by atoms with Crippen molar-refractivity contribution in [1.82, 2.24) is 16.0 Å². The van der Waals surface area contributed by atoms with E-state index in [0.29, 0.717) is 6.42 Å². The van der Waals surface area contributed by atoms with Crippen molar-refractivity contribution < 1.29 is 33.9 Å². The highest BCUT2D eigenvalue weighted by Gasteiger charge is 2.31. The molecule has 182 valence electrons. The summed E-state index contributed by atoms with van der Waals surface area (Å²) in [7, 11) is 0. The quantitative estimate of drug-likeness (QED) is 0.113. The SMILES string of the molecule is CCC(C)C(N)C(=O)NC(CS)C(=O)NC(CC(N)=O)C(=O)NC(CCC(N)=O)C(=O)O. The Hall–Kier alpha value is -2.87. The van der Waals surface area contributed by atoms with Gasteiger partial charge in [-0.1, -0.05) is 20.3 Å². The van der Waals surface area contributed by atoms with Gasteiger partial charge in [0.1, 0.15) is 18.1 Å². The summed E-state index contributed by atoms with van der Waals surface area (Å²) in [4.78, 5) is 70.9. The monoisotopic (exact) mass is 476 g/mol. The van der Waals surface area contributed by atoms with Crippen molar-refractivity contribution in [3.63, 3.8) is 0 Å². The Morgan fingerprint density at radius 2 is 1.38 bits per heavy atom. The van der Waals surface area contributed by atoms with Gasteiger partial charge in [0.25, 0.3) is 0 Å². The molecule has 0 bridgehead atoms. The lowest BCUT2D eigenvalue weighted by Crippen LogP contribution is -2.58. The number of thiol groups is 1. The molecule has 0 aromatic rings. The van der Waals surface area contributed by atoms with Gasteiger partial charge >= 0.3 is 5.97 Å². The van der Waals surface area contributed by atoms with Crippen molar-refractivity contribution in [2.75, 3.05) is 5.75 Å². The van der Waals surface area contributed by atoms with E-state index in [9.17, 15) is 33.9 Å². The van der Waals surface area contributed by atoms with Gasteiger partial charge in [-0.3, -0.25) is 24.0 Å². The van der Waals surface area contributed by atoms with Crippen molar-refractivity contribution in [2.45, 2.75) is 63.7 Å². The van der Waals surface area contributed by atoms with Crippen LogP contribution in [0.1, 0.15) is 39.5 Å². The second-order valence-electron chi connectivity index (χ2n) is 7.29. The molecule has 13 nitrogen and oxygen atoms in total. The van der Waals surface area contributed by atoms with E-state index in [1.807, 2.05) is 6.92 Å². The number of hydrogen-bond acceptors (Lipinski definition) is 8. The molecular weight excluding hydrogens is 444 g/mol. The highest BCUT2D eigenvalue weighted by Crippen LogP contribution is 2.06. The maximum Gasteiger partial charge on any atom is 0.326 e. The molecule has 0 saturated carbocycles. The van der Waals surface area contributed by atoms with E-state index in [4.69, 9.17) is 17.2 Å². The molecule has 0 fully saturated rings. The fourth-order valence-corrected chi connectivity index (χ4v) is 2.73. The Kier molecular flexibility index (Phi) is 13.0. The van der Waals surface area contributed by atoms with E-state index in [2.05, 4.69) is 28.6 Å². The molecule has 0 heterocycles. The molecule has 0 rings (SSSR count). The predicted octanol–water partition coefficient (Wildman–Crippen LogP) is -3.03. The highest BCUT2D eigenvalue weighted by atomic mass is 32.1. The molecule has 0 radical (unpaired) electrons. The minimum absolute atomic E-state index is 0.147. The number of nitrogens with two attached hydrogens (primary N) is 3. The summed E-state index contributed by atoms with van der Waals surface area (Å²) in [6.07, 6.45) is -0.613. The van der Waals surface area contributed by atoms with E-state index >= 15 is 0 Å². The number of aliphatic carboxylic acids is 1. The molecule has 5 unspecified atom stereocenters. The number of amides is 5. The van der Waals surface area contributed by atoms with Crippen LogP contribution in [-0.4, -0.2) is 70.5 Å². The molecule has 0 spiro atoms. The fraction of sp³-hybridized carbons (Fsp3) is 0.667. The molecule has 0 aromatic carbocycles. The molecule has 0 saturated heterocycles. The van der Waals surface area contributed by atoms with E-state index in [1.165, 1.54) is 0 Å². The molecule has 32 heavy (non-hydrogen) atoms. The summed E-state index contributed by atoms with van der Waals surface area (Å²) in [5.41, 5.74) is 16.0. The van der Waals surface area contributed by atoms with Crippen LogP contribution in [0.4, 0.5) is 0 Å². The Morgan fingerprint density at radius 1 is 0.875 bits per heavy atom. The first-order valence-corrected chi connectivity index (χ1v) is 10.5. The maximum absolute atomic E-state index is 12.6. The van der Waals surface area contributed by atoms with Crippen LogP contribution in [0, 0.1) is 5.92 Å². The van der Waals surface area contributed by atoms with E-state index < -0.39 is 66.1 Å². The molecule has 0 aromatic heterocycles. The summed E-state index contributed by atoms with van der Waals surface area (Å²) in [5.74, 6) is -5.92. The van der Waals surface area contributed by atoms with Crippen LogP contribution in [0.2, 0.25) is 0 Å². The van der Waals surface area contributed by atoms with Crippen molar-refractivity contribution in [3.05, 3.63) is 0 Å². The average molecular weight is 477 g/mol. The molecule has 14 heteroatoms. The van der Waals surface area contributed by atoms with Crippen molar-refractivity contribution >= 4 is 48.1 Å². The molecular formula is C18H32N6O7S. The van der Waals surface area contributed by atoms with E-state index in [0.717, 1.165) is 0 Å². The number of carbonyl (C=O) groups is 6. The van der Waals surface area contributed by atoms with E-state index in [1.54, 1.807) is 6.92 Å². The lowest BCUT2D eigenvalue weighted by atomic mass is 9.99. The standard InChI is InChI=1S/C18H32N6O7S/c1-3-8(2)14(21)17(29)24-11(7-32)16(28)23-10(6-13(20)26)15(27)22-9(18(30)31)4-5-12(19)25/h8-11,14,32H,3-7,21H2,1-2H3,(H2,19,25)(H2,20,26)(H,22,27)(H,23,28)(H,24,29)(H,30,31). The second kappa shape index (κ2) is 14.2. The van der Waals surface area contributed by atoms with Gasteiger partial charge < -0.3 is 38.3 Å². The van der Waals surface area contributed by atoms with Gasteiger partial charge in [-0.05, 0) is 12.3 Å². The van der Waals surface area contributed by atoms with Gasteiger partial charge in [-0.15, -0.1) is 0 Å². The zero-order chi connectivity index (χ0) is 25.0. The third-order valence-electron chi connectivity index (χ3n) is 4.71. The van der Waals surface area contributed by atoms with Crippen LogP contribution >= 0.6 is 12.6 Å². The summed E-state index contributed by atoms with van der Waals surface area (Å²) in [5, 5.41) is 16.0. The number of primary amides is 2. The summed E-state index contributed by atoms with van der Waals surface area (Å²) >= 11 is 4.02. The van der Waals surface area contributed by atoms with Gasteiger partial charge in [-0.2, -0.15) is 12.6 Å². The normalized spacial score (nSPS) is 15.4. The Morgan fingerprint density at radius 3 is 1.81 bits per heavy atom. The third-order valence-corrected chi connectivity index (χ3v) is 5.07. The highest BCUT2D eigenvalue weighted by molar-refractivity contribution is 7.80. The van der Waals surface area contributed by atoms with Gasteiger partial charge in [0.2, 0.25) is 29.5 Å². The number of carboxylic acid groups (broad SMARTS) is 1. The minimum Gasteiger partial charge on any atom is -0.480 e. The first-order valence-electron chi connectivity index (χ1n) is 9.90. The fourth-order valence-electron chi connectivity index (χ4n) is 2.47. The zero-order valence-corrected chi connectivity index (χ0v) is 18.9. The summed E-state index contributed by atoms with van der Waals surface area (Å²) in [6.45, 7) is 3.62. The smallest absolute Gasteiger partial charge is 0.326 e. The third kappa shape index (κ3) is 10.4. The molecule has 10 N–H and O–H groups in total. The molecule has 0 aliphatic rings. The van der Waals surface area contributed by atoms with Gasteiger partial charge in [-0.25, -0.2) is 4.79 Å². The van der Waals surface area contributed by atoms with Crippen molar-refractivity contribution in [3.8, 4) is 0 Å². The number of rotatable bonds is 15. The van der Waals surface area contributed by atoms with Crippen molar-refractivity contribution in [1.29, 1.82) is 0 Å². The van der Waals surface area contributed by atoms with E-state index in [-0.39, 0.29) is 24.5 Å². The minimum atomic E-state index is -1.53. The van der Waals surface area contributed by atoms with Crippen LogP contribution < -0.4 is 33.2 Å². The Labute approximate surface area is 191 Å². The topological polar surface area (TPSA) is 237 Å². The number of nitrogens with one attached hydrogen (secondary N) is 3. The lowest BCUT2D eigenvalue weighted by Gasteiger charge is -2.25. The number of carboxylic acids is 1. The van der Waals surface area contributed by atoms with Crippen molar-refractivity contribution in [2.24, 2.45) is 23.1 Å². The van der Waals surface area contributed by atoms with Crippen LogP contribution in [0.25, 0.3) is 0 Å². The molecule has 5 atom stereocenters. The lowest BCUT2D eigenvalue weighted by molar-refractivity contribution is -0.142. The maximum atomic E-state index is 12.6. The van der Waals surface area contributed by atoms with Crippen LogP contribution in [-0.2, 0) is 28.8 Å². The number of hydrogen-bond donors (Lipinski definition) is 8. The predicted molar refractivity (Wildman–Crippen MR) is 117 cm³/mol. The van der Waals surface area contributed by atoms with Gasteiger partial charge in [0.15, 0.2) is 0 Å². The van der Waals surface area contributed by atoms with Crippen LogP contribution in [0.3, 0.4) is 0 Å². The Balaban J connectivity index is 5.33. The number of carbonyl (C=O) groups excluding carboxylic acids is 5. The van der Waals surface area contributed by atoms with Gasteiger partial charge in [0.05, 0.1) is 12.5 Å². The van der Waals surface area contributed by atoms with Crippen LogP contribution in [0.15, 0.2) is 0 Å². The molecule has 0 aliphatic carbocycles.